The van der Waals surface area contributed by atoms with Crippen LogP contribution < -0.4 is 0 Å². The molecule has 0 amide bonds. The van der Waals surface area contributed by atoms with E-state index in [0.29, 0.717) is 11.8 Å². The van der Waals surface area contributed by atoms with Gasteiger partial charge in [0.2, 0.25) is 0 Å². The van der Waals surface area contributed by atoms with E-state index in [1.807, 2.05) is 0 Å². The molecule has 1 heterocycles. The van der Waals surface area contributed by atoms with Gasteiger partial charge in [0.25, 0.3) is 0 Å². The first-order chi connectivity index (χ1) is 5.33. The molecular formula is C8H15ClFN. The van der Waals surface area contributed by atoms with Crippen LogP contribution in [0.25, 0.3) is 0 Å². The van der Waals surface area contributed by atoms with E-state index in [1.165, 1.54) is 0 Å². The Morgan fingerprint density at radius 1 is 1.36 bits per heavy atom. The van der Waals surface area contributed by atoms with Gasteiger partial charge in [0, 0.05) is 11.9 Å². The molecule has 1 saturated heterocycles. The monoisotopic (exact) mass is 179 g/mol. The third kappa shape index (κ3) is 3.39. The SMILES string of the molecule is FCCCN1CCC(Cl)CC1. The number of alkyl halides is 2. The maximum atomic E-state index is 11.8. The normalized spacial score (nSPS) is 22.4. The molecule has 11 heavy (non-hydrogen) atoms. The largest absolute Gasteiger partial charge is 0.303 e. The summed E-state index contributed by atoms with van der Waals surface area (Å²) >= 11 is 5.92. The highest BCUT2D eigenvalue weighted by molar-refractivity contribution is 6.20. The molecule has 66 valence electrons. The minimum absolute atomic E-state index is 0.194. The van der Waals surface area contributed by atoms with Crippen LogP contribution in [0.3, 0.4) is 0 Å². The van der Waals surface area contributed by atoms with Crippen LogP contribution in [0.15, 0.2) is 0 Å². The second-order valence-corrected chi connectivity index (χ2v) is 3.68. The van der Waals surface area contributed by atoms with Gasteiger partial charge in [0.05, 0.1) is 6.67 Å². The standard InChI is InChI=1S/C8H15ClFN/c9-8-2-6-11(7-3-8)5-1-4-10/h8H,1-7H2. The topological polar surface area (TPSA) is 3.24 Å². The maximum absolute atomic E-state index is 11.8. The molecule has 1 fully saturated rings. The Bertz CT molecular complexity index is 99.5. The highest BCUT2D eigenvalue weighted by Gasteiger charge is 2.15. The maximum Gasteiger partial charge on any atom is 0.0906 e. The number of nitrogens with zero attached hydrogens (tertiary/aromatic N) is 1. The first-order valence-electron chi connectivity index (χ1n) is 4.25. The molecule has 1 aliphatic heterocycles. The third-order valence-corrected chi connectivity index (χ3v) is 2.56. The number of halogens is 2. The molecular weight excluding hydrogens is 165 g/mol. The molecule has 0 aromatic rings. The van der Waals surface area contributed by atoms with Crippen LogP contribution in [0.5, 0.6) is 0 Å². The lowest BCUT2D eigenvalue weighted by Crippen LogP contribution is -2.34. The summed E-state index contributed by atoms with van der Waals surface area (Å²) in [6.07, 6.45) is 2.80. The number of hydrogen-bond acceptors (Lipinski definition) is 1. The van der Waals surface area contributed by atoms with E-state index >= 15 is 0 Å². The van der Waals surface area contributed by atoms with Gasteiger partial charge in [-0.25, -0.2) is 0 Å². The predicted octanol–water partition coefficient (Wildman–Crippen LogP) is 2.05. The lowest BCUT2D eigenvalue weighted by molar-refractivity contribution is 0.221. The molecule has 0 aromatic heterocycles. The zero-order valence-electron chi connectivity index (χ0n) is 6.73. The number of rotatable bonds is 3. The molecule has 0 aliphatic carbocycles. The minimum atomic E-state index is -0.194. The fourth-order valence-corrected chi connectivity index (χ4v) is 1.60. The molecule has 1 rings (SSSR count). The van der Waals surface area contributed by atoms with Crippen LogP contribution in [-0.4, -0.2) is 36.6 Å². The lowest BCUT2D eigenvalue weighted by Gasteiger charge is -2.28. The Morgan fingerprint density at radius 3 is 2.55 bits per heavy atom. The molecule has 0 bridgehead atoms. The van der Waals surface area contributed by atoms with E-state index in [1.54, 1.807) is 0 Å². The fraction of sp³-hybridized carbons (Fsp3) is 1.00. The van der Waals surface area contributed by atoms with Crippen LogP contribution in [-0.2, 0) is 0 Å². The number of piperidine rings is 1. The summed E-state index contributed by atoms with van der Waals surface area (Å²) in [6, 6.07) is 0. The predicted molar refractivity (Wildman–Crippen MR) is 45.9 cm³/mol. The summed E-state index contributed by atoms with van der Waals surface area (Å²) in [5, 5.41) is 0.358. The van der Waals surface area contributed by atoms with Crippen molar-refractivity contribution in [3.05, 3.63) is 0 Å². The zero-order chi connectivity index (χ0) is 8.10. The van der Waals surface area contributed by atoms with Crippen molar-refractivity contribution in [2.24, 2.45) is 0 Å². The second-order valence-electron chi connectivity index (χ2n) is 3.06. The molecule has 1 aliphatic rings. The Labute approximate surface area is 72.5 Å². The summed E-state index contributed by atoms with van der Waals surface area (Å²) in [4.78, 5) is 2.29. The van der Waals surface area contributed by atoms with Gasteiger partial charge in [-0.2, -0.15) is 0 Å². The molecule has 1 nitrogen and oxygen atoms in total. The van der Waals surface area contributed by atoms with E-state index < -0.39 is 0 Å². The van der Waals surface area contributed by atoms with Gasteiger partial charge >= 0.3 is 0 Å². The number of hydrogen-bond donors (Lipinski definition) is 0. The van der Waals surface area contributed by atoms with Crippen LogP contribution >= 0.6 is 11.6 Å². The van der Waals surface area contributed by atoms with Crippen LogP contribution in [0, 0.1) is 0 Å². The van der Waals surface area contributed by atoms with Crippen LogP contribution in [0.1, 0.15) is 19.3 Å². The van der Waals surface area contributed by atoms with E-state index in [4.69, 9.17) is 11.6 Å². The first-order valence-corrected chi connectivity index (χ1v) is 4.69. The molecule has 0 N–H and O–H groups in total. The Balaban J connectivity index is 2.07. The van der Waals surface area contributed by atoms with Crippen molar-refractivity contribution in [1.82, 2.24) is 4.90 Å². The van der Waals surface area contributed by atoms with E-state index in [-0.39, 0.29) is 6.67 Å². The van der Waals surface area contributed by atoms with Crippen LogP contribution in [0.4, 0.5) is 4.39 Å². The highest BCUT2D eigenvalue weighted by atomic mass is 35.5. The van der Waals surface area contributed by atoms with Gasteiger partial charge in [-0.05, 0) is 32.4 Å². The number of likely N-dealkylation sites (tertiary alicyclic amines) is 1. The minimum Gasteiger partial charge on any atom is -0.303 e. The van der Waals surface area contributed by atoms with Crippen molar-refractivity contribution in [3.63, 3.8) is 0 Å². The Kier molecular flexibility index (Phi) is 4.16. The summed E-state index contributed by atoms with van der Waals surface area (Å²) in [5.74, 6) is 0. The average Bonchev–Trinajstić information content (AvgIpc) is 2.04. The van der Waals surface area contributed by atoms with Gasteiger partial charge in [0.1, 0.15) is 0 Å². The average molecular weight is 180 g/mol. The molecule has 0 radical (unpaired) electrons. The van der Waals surface area contributed by atoms with Gasteiger partial charge in [-0.15, -0.1) is 11.6 Å². The molecule has 0 aromatic carbocycles. The zero-order valence-corrected chi connectivity index (χ0v) is 7.49. The van der Waals surface area contributed by atoms with E-state index in [0.717, 1.165) is 32.5 Å². The van der Waals surface area contributed by atoms with Crippen molar-refractivity contribution in [2.45, 2.75) is 24.6 Å². The quantitative estimate of drug-likeness (QED) is 0.600. The van der Waals surface area contributed by atoms with Gasteiger partial charge in [-0.1, -0.05) is 0 Å². The van der Waals surface area contributed by atoms with E-state index in [2.05, 4.69) is 4.90 Å². The molecule has 0 saturated carbocycles. The Morgan fingerprint density at radius 2 is 2.00 bits per heavy atom. The van der Waals surface area contributed by atoms with Gasteiger partial charge < -0.3 is 4.90 Å². The highest BCUT2D eigenvalue weighted by Crippen LogP contribution is 2.15. The molecule has 0 atom stereocenters. The smallest absolute Gasteiger partial charge is 0.0906 e. The first kappa shape index (κ1) is 9.27. The summed E-state index contributed by atoms with van der Waals surface area (Å²) < 4.78 is 11.8. The van der Waals surface area contributed by atoms with Crippen molar-refractivity contribution < 1.29 is 4.39 Å². The summed E-state index contributed by atoms with van der Waals surface area (Å²) in [5.41, 5.74) is 0. The second kappa shape index (κ2) is 4.94. The third-order valence-electron chi connectivity index (χ3n) is 2.13. The van der Waals surface area contributed by atoms with Crippen molar-refractivity contribution >= 4 is 11.6 Å². The van der Waals surface area contributed by atoms with E-state index in [9.17, 15) is 4.39 Å². The lowest BCUT2D eigenvalue weighted by atomic mass is 10.1. The molecule has 0 spiro atoms. The summed E-state index contributed by atoms with van der Waals surface area (Å²) in [6.45, 7) is 2.81. The summed E-state index contributed by atoms with van der Waals surface area (Å²) in [7, 11) is 0. The Hall–Kier alpha value is 0.180. The van der Waals surface area contributed by atoms with Crippen molar-refractivity contribution in [3.8, 4) is 0 Å². The van der Waals surface area contributed by atoms with Crippen molar-refractivity contribution in [1.29, 1.82) is 0 Å². The molecule has 0 unspecified atom stereocenters. The fourth-order valence-electron chi connectivity index (χ4n) is 1.41. The van der Waals surface area contributed by atoms with Gasteiger partial charge in [0.15, 0.2) is 0 Å². The van der Waals surface area contributed by atoms with Crippen molar-refractivity contribution in [2.75, 3.05) is 26.3 Å². The van der Waals surface area contributed by atoms with Gasteiger partial charge in [-0.3, -0.25) is 4.39 Å². The van der Waals surface area contributed by atoms with Crippen LogP contribution in [0.2, 0.25) is 0 Å². The molecule has 3 heteroatoms.